The molecule has 6 nitrogen and oxygen atoms in total. The van der Waals surface area contributed by atoms with Gasteiger partial charge in [0.15, 0.2) is 6.10 Å². The Morgan fingerprint density at radius 3 is 2.80 bits per heavy atom. The van der Waals surface area contributed by atoms with Crippen LogP contribution in [0.5, 0.6) is 0 Å². The lowest BCUT2D eigenvalue weighted by Gasteiger charge is -2.33. The number of nitrogens with one attached hydrogen (secondary N) is 1. The lowest BCUT2D eigenvalue weighted by atomic mass is 10.0. The molecule has 1 N–H and O–H groups in total. The molecule has 2 saturated heterocycles. The van der Waals surface area contributed by atoms with E-state index in [1.54, 1.807) is 30.5 Å². The van der Waals surface area contributed by atoms with Crippen molar-refractivity contribution in [3.05, 3.63) is 35.9 Å². The van der Waals surface area contributed by atoms with E-state index in [0.717, 1.165) is 5.56 Å². The standard InChI is InChI=1S/C18H22N2O4S/c1-3-19-16(22)12(2)24-17(23)14-11-25-18(10-9-15(21)20(14)18)13-7-5-4-6-8-13/h4-8,12,14H,3,9-11H2,1-2H3,(H,19,22)/t12-,14-,18-/m1/s1. The van der Waals surface area contributed by atoms with Crippen LogP contribution in [0.4, 0.5) is 0 Å². The van der Waals surface area contributed by atoms with Crippen LogP contribution in [0.1, 0.15) is 32.3 Å². The van der Waals surface area contributed by atoms with E-state index in [1.807, 2.05) is 30.3 Å². The number of likely N-dealkylation sites (N-methyl/N-ethyl adjacent to an activating group) is 1. The van der Waals surface area contributed by atoms with Gasteiger partial charge in [-0.3, -0.25) is 9.59 Å². The number of carbonyl (C=O) groups is 3. The Bertz CT molecular complexity index is 681. The van der Waals surface area contributed by atoms with E-state index in [-0.39, 0.29) is 11.8 Å². The molecule has 0 bridgehead atoms. The summed E-state index contributed by atoms with van der Waals surface area (Å²) in [5.74, 6) is -0.411. The third-order valence-corrected chi connectivity index (χ3v) is 6.23. The Balaban J connectivity index is 1.79. The van der Waals surface area contributed by atoms with Gasteiger partial charge in [0, 0.05) is 18.7 Å². The Labute approximate surface area is 151 Å². The zero-order valence-electron chi connectivity index (χ0n) is 14.4. The predicted molar refractivity (Wildman–Crippen MR) is 94.7 cm³/mol. The number of ether oxygens (including phenoxy) is 1. The number of rotatable bonds is 5. The molecule has 2 aliphatic heterocycles. The zero-order chi connectivity index (χ0) is 18.0. The molecule has 0 aliphatic carbocycles. The number of benzene rings is 1. The van der Waals surface area contributed by atoms with Crippen LogP contribution in [0.15, 0.2) is 30.3 Å². The van der Waals surface area contributed by atoms with E-state index in [1.165, 1.54) is 0 Å². The third-order valence-electron chi connectivity index (χ3n) is 4.64. The van der Waals surface area contributed by atoms with Gasteiger partial charge in [-0.05, 0) is 25.8 Å². The van der Waals surface area contributed by atoms with Crippen molar-refractivity contribution in [2.75, 3.05) is 12.3 Å². The van der Waals surface area contributed by atoms with Crippen molar-refractivity contribution in [3.63, 3.8) is 0 Å². The highest BCUT2D eigenvalue weighted by molar-refractivity contribution is 8.00. The molecule has 2 aliphatic rings. The molecule has 1 aromatic carbocycles. The van der Waals surface area contributed by atoms with Gasteiger partial charge in [0.1, 0.15) is 10.9 Å². The lowest BCUT2D eigenvalue weighted by molar-refractivity contribution is -0.161. The topological polar surface area (TPSA) is 75.7 Å². The molecule has 2 fully saturated rings. The predicted octanol–water partition coefficient (Wildman–Crippen LogP) is 1.64. The van der Waals surface area contributed by atoms with Crippen molar-refractivity contribution in [3.8, 4) is 0 Å². The first-order valence-corrected chi connectivity index (χ1v) is 9.48. The fourth-order valence-electron chi connectivity index (χ4n) is 3.44. The highest BCUT2D eigenvalue weighted by Crippen LogP contribution is 2.54. The second kappa shape index (κ2) is 7.07. The number of carbonyl (C=O) groups excluding carboxylic acids is 3. The summed E-state index contributed by atoms with van der Waals surface area (Å²) >= 11 is 1.60. The second-order valence-electron chi connectivity index (χ2n) is 6.21. The summed E-state index contributed by atoms with van der Waals surface area (Å²) in [4.78, 5) is 38.1. The molecule has 0 radical (unpaired) electrons. The second-order valence-corrected chi connectivity index (χ2v) is 7.51. The molecule has 0 spiro atoms. The summed E-state index contributed by atoms with van der Waals surface area (Å²) in [5, 5.41) is 2.63. The number of hydrogen-bond donors (Lipinski definition) is 1. The molecule has 3 rings (SSSR count). The van der Waals surface area contributed by atoms with Gasteiger partial charge >= 0.3 is 5.97 Å². The Morgan fingerprint density at radius 2 is 2.12 bits per heavy atom. The summed E-state index contributed by atoms with van der Waals surface area (Å²) in [6, 6.07) is 9.13. The average Bonchev–Trinajstić information content (AvgIpc) is 3.15. The number of esters is 1. The fourth-order valence-corrected chi connectivity index (χ4v) is 5.08. The van der Waals surface area contributed by atoms with Gasteiger partial charge in [-0.25, -0.2) is 4.79 Å². The van der Waals surface area contributed by atoms with Crippen LogP contribution < -0.4 is 5.32 Å². The van der Waals surface area contributed by atoms with Crippen LogP contribution in [0.2, 0.25) is 0 Å². The lowest BCUT2D eigenvalue weighted by Crippen LogP contribution is -2.48. The number of hydrogen-bond acceptors (Lipinski definition) is 5. The van der Waals surface area contributed by atoms with Crippen molar-refractivity contribution in [2.24, 2.45) is 0 Å². The molecular weight excluding hydrogens is 340 g/mol. The normalized spacial score (nSPS) is 26.2. The number of fused-ring (bicyclic) bond motifs is 1. The molecular formula is C18H22N2O4S. The maximum absolute atomic E-state index is 12.6. The SMILES string of the molecule is CCNC(=O)[C@@H](C)OC(=O)[C@H]1CS[C@@]2(c3ccccc3)CCC(=O)N12. The van der Waals surface area contributed by atoms with Crippen molar-refractivity contribution in [2.45, 2.75) is 43.7 Å². The Kier molecular flexibility index (Phi) is 5.03. The molecule has 25 heavy (non-hydrogen) atoms. The van der Waals surface area contributed by atoms with Crippen LogP contribution in [-0.2, 0) is 24.0 Å². The van der Waals surface area contributed by atoms with Crippen LogP contribution in [0.25, 0.3) is 0 Å². The van der Waals surface area contributed by atoms with E-state index in [2.05, 4.69) is 5.32 Å². The molecule has 2 heterocycles. The number of amides is 2. The van der Waals surface area contributed by atoms with Crippen LogP contribution in [-0.4, -0.2) is 47.1 Å². The van der Waals surface area contributed by atoms with E-state index in [0.29, 0.717) is 25.1 Å². The maximum Gasteiger partial charge on any atom is 0.330 e. The molecule has 0 saturated carbocycles. The van der Waals surface area contributed by atoms with Gasteiger partial charge in [0.05, 0.1) is 0 Å². The smallest absolute Gasteiger partial charge is 0.330 e. The number of thioether (sulfide) groups is 1. The van der Waals surface area contributed by atoms with E-state index in [9.17, 15) is 14.4 Å². The van der Waals surface area contributed by atoms with Crippen LogP contribution >= 0.6 is 11.8 Å². The Morgan fingerprint density at radius 1 is 1.40 bits per heavy atom. The van der Waals surface area contributed by atoms with E-state index in [4.69, 9.17) is 4.74 Å². The highest BCUT2D eigenvalue weighted by atomic mass is 32.2. The minimum absolute atomic E-state index is 0.0403. The van der Waals surface area contributed by atoms with E-state index >= 15 is 0 Å². The first-order chi connectivity index (χ1) is 12.0. The van der Waals surface area contributed by atoms with Crippen LogP contribution in [0, 0.1) is 0 Å². The summed E-state index contributed by atoms with van der Waals surface area (Å²) < 4.78 is 5.33. The molecule has 0 aromatic heterocycles. The fraction of sp³-hybridized carbons (Fsp3) is 0.500. The highest BCUT2D eigenvalue weighted by Gasteiger charge is 2.57. The summed E-state index contributed by atoms with van der Waals surface area (Å²) in [7, 11) is 0. The molecule has 3 atom stereocenters. The molecule has 7 heteroatoms. The molecule has 0 unspecified atom stereocenters. The zero-order valence-corrected chi connectivity index (χ0v) is 15.2. The first-order valence-electron chi connectivity index (χ1n) is 8.49. The van der Waals surface area contributed by atoms with E-state index < -0.39 is 23.0 Å². The van der Waals surface area contributed by atoms with Crippen molar-refractivity contribution >= 4 is 29.5 Å². The minimum atomic E-state index is -0.873. The monoisotopic (exact) mass is 362 g/mol. The quantitative estimate of drug-likeness (QED) is 0.806. The van der Waals surface area contributed by atoms with Crippen molar-refractivity contribution < 1.29 is 19.1 Å². The minimum Gasteiger partial charge on any atom is -0.451 e. The molecule has 134 valence electrons. The van der Waals surface area contributed by atoms with Gasteiger partial charge < -0.3 is 15.0 Å². The van der Waals surface area contributed by atoms with Gasteiger partial charge in [-0.15, -0.1) is 11.8 Å². The average molecular weight is 362 g/mol. The van der Waals surface area contributed by atoms with Crippen molar-refractivity contribution in [1.29, 1.82) is 0 Å². The summed E-state index contributed by atoms with van der Waals surface area (Å²) in [5.41, 5.74) is 1.03. The first kappa shape index (κ1) is 17.8. The van der Waals surface area contributed by atoms with Gasteiger partial charge in [0.2, 0.25) is 5.91 Å². The van der Waals surface area contributed by atoms with Gasteiger partial charge in [-0.2, -0.15) is 0 Å². The maximum atomic E-state index is 12.6. The third kappa shape index (κ3) is 3.13. The molecule has 1 aromatic rings. The largest absolute Gasteiger partial charge is 0.451 e. The van der Waals surface area contributed by atoms with Gasteiger partial charge in [0.25, 0.3) is 5.91 Å². The number of nitrogens with zero attached hydrogens (tertiary/aromatic N) is 1. The molecule has 2 amide bonds. The van der Waals surface area contributed by atoms with Gasteiger partial charge in [-0.1, -0.05) is 30.3 Å². The summed E-state index contributed by atoms with van der Waals surface area (Å²) in [6.07, 6.45) is 0.218. The van der Waals surface area contributed by atoms with Crippen molar-refractivity contribution in [1.82, 2.24) is 10.2 Å². The Hall–Kier alpha value is -2.02. The summed E-state index contributed by atoms with van der Waals surface area (Å²) in [6.45, 7) is 3.82. The van der Waals surface area contributed by atoms with Crippen LogP contribution in [0.3, 0.4) is 0 Å².